The maximum Gasteiger partial charge on any atom is 0.0576 e. The third-order valence-electron chi connectivity index (χ3n) is 3.89. The first-order valence-corrected chi connectivity index (χ1v) is 7.82. The van der Waals surface area contributed by atoms with E-state index >= 15 is 0 Å². The number of hydrogen-bond acceptors (Lipinski definition) is 1. The standard InChI is InChI=1S/C20H27N/c1-6-21-19(17-9-7-8-15(2)14-17)16-10-12-18(13-11-16)20(3,4)5/h7-14,19,21H,6H2,1-5H3. The van der Waals surface area contributed by atoms with Crippen LogP contribution in [0.15, 0.2) is 48.5 Å². The molecule has 0 aliphatic carbocycles. The Hall–Kier alpha value is -1.60. The van der Waals surface area contributed by atoms with E-state index in [-0.39, 0.29) is 11.5 Å². The van der Waals surface area contributed by atoms with Gasteiger partial charge in [0.1, 0.15) is 0 Å². The predicted octanol–water partition coefficient (Wildman–Crippen LogP) is 4.99. The molecule has 1 nitrogen and oxygen atoms in total. The molecule has 1 N–H and O–H groups in total. The molecule has 1 heteroatoms. The van der Waals surface area contributed by atoms with Gasteiger partial charge >= 0.3 is 0 Å². The molecule has 1 unspecified atom stereocenters. The molecule has 0 bridgehead atoms. The lowest BCUT2D eigenvalue weighted by atomic mass is 9.85. The van der Waals surface area contributed by atoms with Crippen LogP contribution in [-0.2, 0) is 5.41 Å². The molecule has 0 fully saturated rings. The number of rotatable bonds is 4. The average molecular weight is 281 g/mol. The molecule has 0 aliphatic rings. The van der Waals surface area contributed by atoms with E-state index in [2.05, 4.69) is 88.5 Å². The summed E-state index contributed by atoms with van der Waals surface area (Å²) in [5.41, 5.74) is 5.55. The van der Waals surface area contributed by atoms with E-state index < -0.39 is 0 Å². The van der Waals surface area contributed by atoms with Crippen LogP contribution >= 0.6 is 0 Å². The van der Waals surface area contributed by atoms with Crippen molar-refractivity contribution in [2.75, 3.05) is 6.54 Å². The van der Waals surface area contributed by atoms with Gasteiger partial charge in [-0.15, -0.1) is 0 Å². The Morgan fingerprint density at radius 3 is 2.14 bits per heavy atom. The average Bonchev–Trinajstić information content (AvgIpc) is 2.44. The fraction of sp³-hybridized carbons (Fsp3) is 0.400. The summed E-state index contributed by atoms with van der Waals surface area (Å²) in [6.45, 7) is 12.0. The maximum atomic E-state index is 3.60. The Labute approximate surface area is 129 Å². The second-order valence-electron chi connectivity index (χ2n) is 6.78. The first-order chi connectivity index (χ1) is 9.91. The topological polar surface area (TPSA) is 12.0 Å². The van der Waals surface area contributed by atoms with E-state index in [9.17, 15) is 0 Å². The van der Waals surface area contributed by atoms with Crippen molar-refractivity contribution < 1.29 is 0 Å². The minimum Gasteiger partial charge on any atom is -0.307 e. The van der Waals surface area contributed by atoms with Crippen LogP contribution in [-0.4, -0.2) is 6.54 Å². The normalized spacial score (nSPS) is 13.2. The molecule has 0 spiro atoms. The van der Waals surface area contributed by atoms with E-state index in [0.717, 1.165) is 6.54 Å². The van der Waals surface area contributed by atoms with Crippen LogP contribution in [0.5, 0.6) is 0 Å². The molecule has 2 rings (SSSR count). The summed E-state index contributed by atoms with van der Waals surface area (Å²) < 4.78 is 0. The lowest BCUT2D eigenvalue weighted by Gasteiger charge is -2.23. The molecule has 0 saturated heterocycles. The number of benzene rings is 2. The second kappa shape index (κ2) is 6.44. The zero-order chi connectivity index (χ0) is 15.5. The van der Waals surface area contributed by atoms with Crippen molar-refractivity contribution >= 4 is 0 Å². The summed E-state index contributed by atoms with van der Waals surface area (Å²) in [7, 11) is 0. The van der Waals surface area contributed by atoms with Gasteiger partial charge in [0.25, 0.3) is 0 Å². The molecule has 112 valence electrons. The van der Waals surface area contributed by atoms with E-state index in [1.54, 1.807) is 0 Å². The monoisotopic (exact) mass is 281 g/mol. The largest absolute Gasteiger partial charge is 0.307 e. The van der Waals surface area contributed by atoms with Crippen LogP contribution in [0.25, 0.3) is 0 Å². The van der Waals surface area contributed by atoms with Gasteiger partial charge in [0.15, 0.2) is 0 Å². The number of aryl methyl sites for hydroxylation is 1. The Balaban J connectivity index is 2.34. The van der Waals surface area contributed by atoms with Crippen LogP contribution in [0.3, 0.4) is 0 Å². The van der Waals surface area contributed by atoms with Gasteiger partial charge in [0, 0.05) is 0 Å². The summed E-state index contributed by atoms with van der Waals surface area (Å²) in [6.07, 6.45) is 0. The van der Waals surface area contributed by atoms with Gasteiger partial charge in [-0.25, -0.2) is 0 Å². The van der Waals surface area contributed by atoms with Crippen LogP contribution in [0, 0.1) is 6.92 Å². The van der Waals surface area contributed by atoms with Gasteiger partial charge in [-0.05, 0) is 35.6 Å². The molecule has 0 saturated carbocycles. The van der Waals surface area contributed by atoms with Crippen molar-refractivity contribution in [3.63, 3.8) is 0 Å². The van der Waals surface area contributed by atoms with Gasteiger partial charge < -0.3 is 5.32 Å². The van der Waals surface area contributed by atoms with E-state index in [1.165, 1.54) is 22.3 Å². The van der Waals surface area contributed by atoms with E-state index in [0.29, 0.717) is 0 Å². The molecule has 2 aromatic carbocycles. The fourth-order valence-electron chi connectivity index (χ4n) is 2.66. The third kappa shape index (κ3) is 3.95. The molecule has 0 aromatic heterocycles. The summed E-state index contributed by atoms with van der Waals surface area (Å²) in [5, 5.41) is 3.60. The zero-order valence-corrected chi connectivity index (χ0v) is 13.9. The van der Waals surface area contributed by atoms with E-state index in [1.807, 2.05) is 0 Å². The Morgan fingerprint density at radius 2 is 1.62 bits per heavy atom. The van der Waals surface area contributed by atoms with Gasteiger partial charge in [-0.2, -0.15) is 0 Å². The predicted molar refractivity (Wildman–Crippen MR) is 91.8 cm³/mol. The molecule has 0 amide bonds. The first kappa shape index (κ1) is 15.8. The van der Waals surface area contributed by atoms with Crippen molar-refractivity contribution in [2.24, 2.45) is 0 Å². The fourth-order valence-corrected chi connectivity index (χ4v) is 2.66. The summed E-state index contributed by atoms with van der Waals surface area (Å²) >= 11 is 0. The van der Waals surface area contributed by atoms with Crippen molar-refractivity contribution in [3.8, 4) is 0 Å². The van der Waals surface area contributed by atoms with Crippen LogP contribution in [0.4, 0.5) is 0 Å². The minimum atomic E-state index is 0.204. The first-order valence-electron chi connectivity index (χ1n) is 7.82. The molecular weight excluding hydrogens is 254 g/mol. The Morgan fingerprint density at radius 1 is 0.952 bits per heavy atom. The summed E-state index contributed by atoms with van der Waals surface area (Å²) in [5.74, 6) is 0. The molecular formula is C20H27N. The van der Waals surface area contributed by atoms with Crippen molar-refractivity contribution in [1.29, 1.82) is 0 Å². The van der Waals surface area contributed by atoms with Gasteiger partial charge in [0.2, 0.25) is 0 Å². The number of nitrogens with one attached hydrogen (secondary N) is 1. The van der Waals surface area contributed by atoms with Crippen molar-refractivity contribution in [2.45, 2.75) is 46.1 Å². The van der Waals surface area contributed by atoms with Gasteiger partial charge in [-0.3, -0.25) is 0 Å². The molecule has 0 heterocycles. The van der Waals surface area contributed by atoms with Crippen LogP contribution < -0.4 is 5.32 Å². The zero-order valence-electron chi connectivity index (χ0n) is 13.9. The minimum absolute atomic E-state index is 0.204. The lowest BCUT2D eigenvalue weighted by molar-refractivity contribution is 0.587. The highest BCUT2D eigenvalue weighted by Crippen LogP contribution is 2.27. The van der Waals surface area contributed by atoms with Crippen LogP contribution in [0.2, 0.25) is 0 Å². The Bertz CT molecular complexity index is 576. The highest BCUT2D eigenvalue weighted by atomic mass is 14.9. The SMILES string of the molecule is CCNC(c1ccc(C(C)(C)C)cc1)c1cccc(C)c1. The third-order valence-corrected chi connectivity index (χ3v) is 3.89. The smallest absolute Gasteiger partial charge is 0.0576 e. The summed E-state index contributed by atoms with van der Waals surface area (Å²) in [6, 6.07) is 18.1. The maximum absolute atomic E-state index is 3.60. The van der Waals surface area contributed by atoms with Crippen molar-refractivity contribution in [1.82, 2.24) is 5.32 Å². The summed E-state index contributed by atoms with van der Waals surface area (Å²) in [4.78, 5) is 0. The van der Waals surface area contributed by atoms with E-state index in [4.69, 9.17) is 0 Å². The van der Waals surface area contributed by atoms with Crippen LogP contribution in [0.1, 0.15) is 56.0 Å². The lowest BCUT2D eigenvalue weighted by Crippen LogP contribution is -2.22. The molecule has 1 atom stereocenters. The van der Waals surface area contributed by atoms with Crippen molar-refractivity contribution in [3.05, 3.63) is 70.8 Å². The molecule has 21 heavy (non-hydrogen) atoms. The molecule has 0 aliphatic heterocycles. The van der Waals surface area contributed by atoms with Gasteiger partial charge in [-0.1, -0.05) is 81.8 Å². The highest BCUT2D eigenvalue weighted by molar-refractivity contribution is 5.36. The second-order valence-corrected chi connectivity index (χ2v) is 6.78. The molecule has 2 aromatic rings. The highest BCUT2D eigenvalue weighted by Gasteiger charge is 2.16. The number of hydrogen-bond donors (Lipinski definition) is 1. The van der Waals surface area contributed by atoms with Gasteiger partial charge in [0.05, 0.1) is 6.04 Å². The Kier molecular flexibility index (Phi) is 4.84. The quantitative estimate of drug-likeness (QED) is 0.832. The molecule has 0 radical (unpaired) electrons.